The Hall–Kier alpha value is 0.602. The van der Waals surface area contributed by atoms with Crippen LogP contribution in [0, 0.1) is 0 Å². The minimum atomic E-state index is -1.99. The van der Waals surface area contributed by atoms with Gasteiger partial charge in [-0.25, -0.2) is 0 Å². The summed E-state index contributed by atoms with van der Waals surface area (Å²) in [5, 5.41) is 0. The van der Waals surface area contributed by atoms with Crippen molar-refractivity contribution < 1.29 is 13.5 Å². The SMILES string of the molecule is CC1(C)CC(C)(S(=O)[O-])C[CH]([AlH2])O1. The maximum absolute atomic E-state index is 11.1. The molecule has 3 atom stereocenters. The second kappa shape index (κ2) is 3.64. The molecule has 0 spiro atoms. The number of ether oxygens (including phenoxy) is 1. The van der Waals surface area contributed by atoms with Gasteiger partial charge in [0.1, 0.15) is 0 Å². The largest absolute Gasteiger partial charge is 0.772 e. The van der Waals surface area contributed by atoms with Crippen LogP contribution in [0.25, 0.3) is 0 Å². The Morgan fingerprint density at radius 1 is 1.54 bits per heavy atom. The van der Waals surface area contributed by atoms with E-state index in [9.17, 15) is 8.76 Å². The molecular formula is C8H16AlO3S-. The summed E-state index contributed by atoms with van der Waals surface area (Å²) >= 11 is -1.10. The van der Waals surface area contributed by atoms with E-state index in [1.807, 2.05) is 20.8 Å². The zero-order valence-corrected chi connectivity index (χ0v) is 11.4. The van der Waals surface area contributed by atoms with Gasteiger partial charge in [-0.15, -0.1) is 0 Å². The van der Waals surface area contributed by atoms with Crippen LogP contribution in [0.15, 0.2) is 0 Å². The van der Waals surface area contributed by atoms with E-state index in [-0.39, 0.29) is 10.6 Å². The van der Waals surface area contributed by atoms with E-state index >= 15 is 0 Å². The molecule has 0 amide bonds. The van der Waals surface area contributed by atoms with Gasteiger partial charge in [0.2, 0.25) is 0 Å². The molecule has 0 bridgehead atoms. The predicted octanol–water partition coefficient (Wildman–Crippen LogP) is 0.172. The fourth-order valence-corrected chi connectivity index (χ4v) is 5.01. The van der Waals surface area contributed by atoms with Crippen LogP contribution < -0.4 is 0 Å². The molecule has 76 valence electrons. The molecule has 3 nitrogen and oxygen atoms in total. The van der Waals surface area contributed by atoms with Crippen molar-refractivity contribution in [1.82, 2.24) is 0 Å². The number of hydrogen-bond acceptors (Lipinski definition) is 3. The molecule has 0 radical (unpaired) electrons. The third-order valence-corrected chi connectivity index (χ3v) is 4.20. The van der Waals surface area contributed by atoms with Crippen molar-refractivity contribution in [1.29, 1.82) is 0 Å². The van der Waals surface area contributed by atoms with Crippen LogP contribution in [-0.2, 0) is 15.8 Å². The highest BCUT2D eigenvalue weighted by Crippen LogP contribution is 2.37. The van der Waals surface area contributed by atoms with Gasteiger partial charge in [-0.1, -0.05) is 0 Å². The van der Waals surface area contributed by atoms with Gasteiger partial charge in [-0.3, -0.25) is 4.21 Å². The van der Waals surface area contributed by atoms with Crippen molar-refractivity contribution in [3.8, 4) is 0 Å². The molecular weight excluding hydrogens is 203 g/mol. The van der Waals surface area contributed by atoms with Crippen molar-refractivity contribution in [3.05, 3.63) is 0 Å². The number of hydrogen-bond donors (Lipinski definition) is 0. The molecule has 0 aromatic carbocycles. The zero-order valence-electron chi connectivity index (χ0n) is 8.62. The Morgan fingerprint density at radius 3 is 2.46 bits per heavy atom. The standard InChI is InChI=1S/C8H15O3S.Al.2H/c1-7(2)6-8(3,12(9)10)4-5-11-7;;;/h5H,4,6H2,1-3H3,(H,9,10);;;/p-1. The van der Waals surface area contributed by atoms with Gasteiger partial charge in [-0.05, 0) is 49.7 Å². The van der Waals surface area contributed by atoms with Crippen molar-refractivity contribution in [2.45, 2.75) is 48.9 Å². The molecule has 0 saturated carbocycles. The molecule has 0 aromatic heterocycles. The molecule has 0 aromatic rings. The lowest BCUT2D eigenvalue weighted by molar-refractivity contribution is -0.0835. The summed E-state index contributed by atoms with van der Waals surface area (Å²) in [7, 11) is 0. The van der Waals surface area contributed by atoms with Gasteiger partial charge in [-0.2, -0.15) is 0 Å². The van der Waals surface area contributed by atoms with E-state index in [0.717, 1.165) is 16.3 Å². The minimum absolute atomic E-state index is 0.159. The molecule has 0 aliphatic carbocycles. The van der Waals surface area contributed by atoms with Gasteiger partial charge in [0, 0.05) is 4.75 Å². The monoisotopic (exact) mass is 219 g/mol. The summed E-state index contributed by atoms with van der Waals surface area (Å²) in [6.07, 6.45) is 1.24. The molecule has 13 heavy (non-hydrogen) atoms. The second-order valence-electron chi connectivity index (χ2n) is 4.75. The minimum Gasteiger partial charge on any atom is -0.772 e. The Kier molecular flexibility index (Phi) is 3.27. The molecule has 1 aliphatic heterocycles. The first-order valence-electron chi connectivity index (χ1n) is 4.52. The lowest BCUT2D eigenvalue weighted by Crippen LogP contribution is -2.50. The highest BCUT2D eigenvalue weighted by Gasteiger charge is 2.41. The van der Waals surface area contributed by atoms with E-state index in [0.29, 0.717) is 12.8 Å². The smallest absolute Gasteiger partial charge is 0.259 e. The maximum atomic E-state index is 11.1. The quantitative estimate of drug-likeness (QED) is 0.466. The van der Waals surface area contributed by atoms with E-state index in [1.165, 1.54) is 0 Å². The van der Waals surface area contributed by atoms with Crippen LogP contribution in [-0.4, -0.2) is 40.4 Å². The molecule has 5 heteroatoms. The Morgan fingerprint density at radius 2 is 2.08 bits per heavy atom. The van der Waals surface area contributed by atoms with Gasteiger partial charge in [0.05, 0.1) is 5.60 Å². The van der Waals surface area contributed by atoms with Gasteiger partial charge < -0.3 is 9.29 Å². The average Bonchev–Trinajstić information content (AvgIpc) is 1.79. The first kappa shape index (κ1) is 11.7. The normalized spacial score (nSPS) is 41.4. The van der Waals surface area contributed by atoms with E-state index < -0.39 is 15.8 Å². The Labute approximate surface area is 89.9 Å². The average molecular weight is 219 g/mol. The van der Waals surface area contributed by atoms with Gasteiger partial charge in [0.15, 0.2) is 0 Å². The molecule has 3 unspecified atom stereocenters. The highest BCUT2D eigenvalue weighted by atomic mass is 32.2. The summed E-state index contributed by atoms with van der Waals surface area (Å²) in [6.45, 7) is 5.73. The Bertz CT molecular complexity index is 231. The number of rotatable bonds is 1. The van der Waals surface area contributed by atoms with E-state index in [2.05, 4.69) is 0 Å². The van der Waals surface area contributed by atoms with Crippen LogP contribution in [0.3, 0.4) is 0 Å². The maximum Gasteiger partial charge on any atom is 0.259 e. The summed E-state index contributed by atoms with van der Waals surface area (Å²) < 4.78 is 27.3. The first-order valence-corrected chi connectivity index (χ1v) is 6.75. The molecule has 1 heterocycles. The van der Waals surface area contributed by atoms with E-state index in [1.54, 1.807) is 0 Å². The van der Waals surface area contributed by atoms with Crippen molar-refractivity contribution in [3.63, 3.8) is 0 Å². The third-order valence-electron chi connectivity index (χ3n) is 2.44. The molecule has 1 saturated heterocycles. The van der Waals surface area contributed by atoms with Crippen LogP contribution in [0.2, 0.25) is 0 Å². The van der Waals surface area contributed by atoms with Gasteiger partial charge in [0.25, 0.3) is 16.3 Å². The van der Waals surface area contributed by atoms with Gasteiger partial charge >= 0.3 is 0 Å². The summed E-state index contributed by atoms with van der Waals surface area (Å²) in [5.74, 6) is 0. The lowest BCUT2D eigenvalue weighted by Gasteiger charge is -2.47. The van der Waals surface area contributed by atoms with E-state index in [4.69, 9.17) is 4.74 Å². The predicted molar refractivity (Wildman–Crippen MR) is 54.1 cm³/mol. The first-order chi connectivity index (χ1) is 5.75. The van der Waals surface area contributed by atoms with Crippen LogP contribution >= 0.6 is 0 Å². The molecule has 0 N–H and O–H groups in total. The zero-order chi connectivity index (χ0) is 10.3. The topological polar surface area (TPSA) is 49.4 Å². The highest BCUT2D eigenvalue weighted by molar-refractivity contribution is 7.80. The van der Waals surface area contributed by atoms with Crippen LogP contribution in [0.4, 0.5) is 0 Å². The third kappa shape index (κ3) is 2.77. The van der Waals surface area contributed by atoms with Crippen molar-refractivity contribution in [2.24, 2.45) is 0 Å². The summed E-state index contributed by atoms with van der Waals surface area (Å²) in [5.41, 5.74) is -0.292. The summed E-state index contributed by atoms with van der Waals surface area (Å²) in [6, 6.07) is 0. The second-order valence-corrected chi connectivity index (χ2v) is 7.50. The summed E-state index contributed by atoms with van der Waals surface area (Å²) in [4.78, 5) is 0.159. The lowest BCUT2D eigenvalue weighted by atomic mass is 9.89. The molecule has 1 aliphatic rings. The Balaban J connectivity index is 2.84. The fraction of sp³-hybridized carbons (Fsp3) is 1.00. The fourth-order valence-electron chi connectivity index (χ4n) is 2.34. The van der Waals surface area contributed by atoms with Crippen LogP contribution in [0.1, 0.15) is 33.6 Å². The molecule has 1 rings (SSSR count). The van der Waals surface area contributed by atoms with Crippen LogP contribution in [0.5, 0.6) is 0 Å². The van der Waals surface area contributed by atoms with Crippen molar-refractivity contribution >= 4 is 27.4 Å². The molecule has 1 fully saturated rings. The van der Waals surface area contributed by atoms with Crippen molar-refractivity contribution in [2.75, 3.05) is 0 Å².